The standard InChI is InChI=1S/C22H22N4O2/c1-15-21(16(2)26(24-15)19-7-4-3-5-8-19)22(28)23-17-10-12-18(13-11-17)25-14-6-9-20(25)27/h3-5,7-8,10-13H,6,9,14H2,1-2H3,(H,23,28). The predicted octanol–water partition coefficient (Wildman–Crippen LogP) is 3.87. The Hall–Kier alpha value is -3.41. The van der Waals surface area contributed by atoms with Crippen LogP contribution in [0.1, 0.15) is 34.6 Å². The van der Waals surface area contributed by atoms with Gasteiger partial charge in [0.05, 0.1) is 22.6 Å². The van der Waals surface area contributed by atoms with Crippen LogP contribution in [0, 0.1) is 13.8 Å². The number of amides is 2. The van der Waals surface area contributed by atoms with Crippen LogP contribution >= 0.6 is 0 Å². The lowest BCUT2D eigenvalue weighted by Gasteiger charge is -2.16. The van der Waals surface area contributed by atoms with E-state index in [2.05, 4.69) is 10.4 Å². The molecular formula is C22H22N4O2. The van der Waals surface area contributed by atoms with Crippen LogP contribution in [0.4, 0.5) is 11.4 Å². The number of hydrogen-bond acceptors (Lipinski definition) is 3. The minimum atomic E-state index is -0.192. The Morgan fingerprint density at radius 1 is 1.00 bits per heavy atom. The maximum atomic E-state index is 12.9. The monoisotopic (exact) mass is 374 g/mol. The molecule has 1 aromatic heterocycles. The molecule has 0 unspecified atom stereocenters. The largest absolute Gasteiger partial charge is 0.322 e. The molecule has 4 rings (SSSR count). The van der Waals surface area contributed by atoms with Crippen molar-refractivity contribution in [3.05, 3.63) is 71.5 Å². The molecule has 1 aliphatic heterocycles. The molecule has 2 amide bonds. The molecule has 0 atom stereocenters. The number of rotatable bonds is 4. The molecule has 3 aromatic rings. The number of para-hydroxylation sites is 1. The zero-order valence-electron chi connectivity index (χ0n) is 16.0. The number of carbonyl (C=O) groups is 2. The van der Waals surface area contributed by atoms with Gasteiger partial charge < -0.3 is 10.2 Å². The number of hydrogen-bond donors (Lipinski definition) is 1. The minimum Gasteiger partial charge on any atom is -0.322 e. The third-order valence-electron chi connectivity index (χ3n) is 5.03. The first kappa shape index (κ1) is 18.0. The fourth-order valence-corrected chi connectivity index (χ4v) is 3.63. The first-order valence-corrected chi connectivity index (χ1v) is 9.38. The first-order chi connectivity index (χ1) is 13.5. The molecule has 6 heteroatoms. The summed E-state index contributed by atoms with van der Waals surface area (Å²) in [5.74, 6) is -0.0430. The first-order valence-electron chi connectivity index (χ1n) is 9.38. The Morgan fingerprint density at radius 3 is 2.36 bits per heavy atom. The summed E-state index contributed by atoms with van der Waals surface area (Å²) >= 11 is 0. The van der Waals surface area contributed by atoms with Crippen LogP contribution in [0.15, 0.2) is 54.6 Å². The molecule has 0 saturated carbocycles. The summed E-state index contributed by atoms with van der Waals surface area (Å²) in [6.45, 7) is 4.48. The lowest BCUT2D eigenvalue weighted by molar-refractivity contribution is -0.117. The number of nitrogens with one attached hydrogen (secondary N) is 1. The molecule has 2 heterocycles. The summed E-state index contributed by atoms with van der Waals surface area (Å²) in [6.07, 6.45) is 1.49. The molecule has 1 N–H and O–H groups in total. The van der Waals surface area contributed by atoms with E-state index < -0.39 is 0 Å². The minimum absolute atomic E-state index is 0.149. The van der Waals surface area contributed by atoms with Crippen LogP contribution in [0.2, 0.25) is 0 Å². The highest BCUT2D eigenvalue weighted by Crippen LogP contribution is 2.24. The number of aryl methyl sites for hydroxylation is 1. The molecule has 1 saturated heterocycles. The number of carbonyl (C=O) groups excluding carboxylic acids is 2. The molecule has 6 nitrogen and oxygen atoms in total. The Morgan fingerprint density at radius 2 is 1.71 bits per heavy atom. The van der Waals surface area contributed by atoms with E-state index in [0.717, 1.165) is 30.0 Å². The van der Waals surface area contributed by atoms with Crippen molar-refractivity contribution in [1.82, 2.24) is 9.78 Å². The second kappa shape index (κ2) is 7.31. The van der Waals surface area contributed by atoms with Gasteiger partial charge in [0.15, 0.2) is 0 Å². The maximum Gasteiger partial charge on any atom is 0.259 e. The Bertz CT molecular complexity index is 1020. The average Bonchev–Trinajstić information content (AvgIpc) is 3.25. The van der Waals surface area contributed by atoms with Gasteiger partial charge in [0.1, 0.15) is 0 Å². The number of anilines is 2. The van der Waals surface area contributed by atoms with Crippen LogP contribution in [-0.2, 0) is 4.79 Å². The van der Waals surface area contributed by atoms with Crippen molar-refractivity contribution in [2.24, 2.45) is 0 Å². The fraction of sp³-hybridized carbons (Fsp3) is 0.227. The molecule has 0 bridgehead atoms. The lowest BCUT2D eigenvalue weighted by atomic mass is 10.1. The lowest BCUT2D eigenvalue weighted by Crippen LogP contribution is -2.23. The highest BCUT2D eigenvalue weighted by atomic mass is 16.2. The van der Waals surface area contributed by atoms with Crippen molar-refractivity contribution in [3.63, 3.8) is 0 Å². The van der Waals surface area contributed by atoms with E-state index >= 15 is 0 Å². The second-order valence-electron chi connectivity index (χ2n) is 6.94. The molecule has 28 heavy (non-hydrogen) atoms. The van der Waals surface area contributed by atoms with E-state index in [1.54, 1.807) is 9.58 Å². The van der Waals surface area contributed by atoms with Gasteiger partial charge >= 0.3 is 0 Å². The Balaban J connectivity index is 1.54. The van der Waals surface area contributed by atoms with Gasteiger partial charge in [-0.05, 0) is 56.7 Å². The van der Waals surface area contributed by atoms with Gasteiger partial charge in [-0.25, -0.2) is 4.68 Å². The number of nitrogens with zero attached hydrogens (tertiary/aromatic N) is 3. The summed E-state index contributed by atoms with van der Waals surface area (Å²) in [5, 5.41) is 7.47. The third kappa shape index (κ3) is 3.29. The molecule has 2 aromatic carbocycles. The van der Waals surface area contributed by atoms with Crippen molar-refractivity contribution in [2.45, 2.75) is 26.7 Å². The predicted molar refractivity (Wildman–Crippen MR) is 109 cm³/mol. The van der Waals surface area contributed by atoms with E-state index in [9.17, 15) is 9.59 Å². The summed E-state index contributed by atoms with van der Waals surface area (Å²) in [7, 11) is 0. The molecule has 0 spiro atoms. The second-order valence-corrected chi connectivity index (χ2v) is 6.94. The van der Waals surface area contributed by atoms with Gasteiger partial charge in [-0.1, -0.05) is 18.2 Å². The maximum absolute atomic E-state index is 12.9. The zero-order valence-corrected chi connectivity index (χ0v) is 16.0. The molecule has 1 aliphatic rings. The van der Waals surface area contributed by atoms with Crippen molar-refractivity contribution in [1.29, 1.82) is 0 Å². The van der Waals surface area contributed by atoms with Gasteiger partial charge in [0.25, 0.3) is 5.91 Å². The molecule has 0 radical (unpaired) electrons. The topological polar surface area (TPSA) is 67.2 Å². The molecule has 1 fully saturated rings. The third-order valence-corrected chi connectivity index (χ3v) is 5.03. The number of aromatic nitrogens is 2. The summed E-state index contributed by atoms with van der Waals surface area (Å²) < 4.78 is 1.78. The Labute approximate surface area is 163 Å². The van der Waals surface area contributed by atoms with Gasteiger partial charge in [-0.3, -0.25) is 9.59 Å². The SMILES string of the molecule is Cc1nn(-c2ccccc2)c(C)c1C(=O)Nc1ccc(N2CCCC2=O)cc1. The Kier molecular flexibility index (Phi) is 4.69. The highest BCUT2D eigenvalue weighted by Gasteiger charge is 2.22. The van der Waals surface area contributed by atoms with Crippen LogP contribution in [0.5, 0.6) is 0 Å². The van der Waals surface area contributed by atoms with Crippen LogP contribution in [0.25, 0.3) is 5.69 Å². The molecular weight excluding hydrogens is 352 g/mol. The van der Waals surface area contributed by atoms with E-state index in [-0.39, 0.29) is 11.8 Å². The smallest absolute Gasteiger partial charge is 0.259 e. The van der Waals surface area contributed by atoms with Crippen molar-refractivity contribution in [3.8, 4) is 5.69 Å². The van der Waals surface area contributed by atoms with Crippen LogP contribution < -0.4 is 10.2 Å². The van der Waals surface area contributed by atoms with Gasteiger partial charge in [-0.2, -0.15) is 5.10 Å². The van der Waals surface area contributed by atoms with Crippen LogP contribution in [0.3, 0.4) is 0 Å². The van der Waals surface area contributed by atoms with Crippen molar-refractivity contribution < 1.29 is 9.59 Å². The average molecular weight is 374 g/mol. The van der Waals surface area contributed by atoms with E-state index in [0.29, 0.717) is 23.4 Å². The van der Waals surface area contributed by atoms with Gasteiger partial charge in [0.2, 0.25) is 5.91 Å². The van der Waals surface area contributed by atoms with E-state index in [1.165, 1.54) is 0 Å². The summed E-state index contributed by atoms with van der Waals surface area (Å²) in [5.41, 5.74) is 4.51. The molecule has 0 aliphatic carbocycles. The fourth-order valence-electron chi connectivity index (χ4n) is 3.63. The summed E-state index contributed by atoms with van der Waals surface area (Å²) in [4.78, 5) is 26.5. The zero-order chi connectivity index (χ0) is 19.7. The highest BCUT2D eigenvalue weighted by molar-refractivity contribution is 6.06. The summed E-state index contributed by atoms with van der Waals surface area (Å²) in [6, 6.07) is 17.1. The normalized spacial score (nSPS) is 13.8. The number of benzene rings is 2. The van der Waals surface area contributed by atoms with Crippen molar-refractivity contribution >= 4 is 23.2 Å². The van der Waals surface area contributed by atoms with E-state index in [4.69, 9.17) is 0 Å². The van der Waals surface area contributed by atoms with Gasteiger partial charge in [-0.15, -0.1) is 0 Å². The van der Waals surface area contributed by atoms with Crippen molar-refractivity contribution in [2.75, 3.05) is 16.8 Å². The van der Waals surface area contributed by atoms with Crippen LogP contribution in [-0.4, -0.2) is 28.1 Å². The van der Waals surface area contributed by atoms with E-state index in [1.807, 2.05) is 68.4 Å². The van der Waals surface area contributed by atoms with Gasteiger partial charge in [0, 0.05) is 24.3 Å². The quantitative estimate of drug-likeness (QED) is 0.754. The molecule has 142 valence electrons.